The Morgan fingerprint density at radius 1 is 1.16 bits per heavy atom. The number of carbonyl (C=O) groups is 1. The molecule has 1 amide bonds. The summed E-state index contributed by atoms with van der Waals surface area (Å²) in [5, 5.41) is 17.9. The van der Waals surface area contributed by atoms with Crippen molar-refractivity contribution in [2.75, 3.05) is 39.8 Å². The lowest BCUT2D eigenvalue weighted by Crippen LogP contribution is -2.36. The predicted octanol–water partition coefficient (Wildman–Crippen LogP) is 1.72. The van der Waals surface area contributed by atoms with Gasteiger partial charge in [-0.15, -0.1) is 0 Å². The first-order valence-electron chi connectivity index (χ1n) is 7.34. The third-order valence-electron chi connectivity index (χ3n) is 4.20. The van der Waals surface area contributed by atoms with Crippen molar-refractivity contribution in [3.63, 3.8) is 0 Å². The molecule has 0 heterocycles. The monoisotopic (exact) mass is 272 g/mol. The van der Waals surface area contributed by atoms with E-state index in [1.807, 2.05) is 0 Å². The fraction of sp³-hybridized carbons (Fsp3) is 0.929. The van der Waals surface area contributed by atoms with E-state index in [0.29, 0.717) is 18.4 Å². The lowest BCUT2D eigenvalue weighted by atomic mass is 9.81. The maximum Gasteiger partial charge on any atom is 0.407 e. The molecule has 0 aliphatic heterocycles. The van der Waals surface area contributed by atoms with Crippen molar-refractivity contribution in [3.05, 3.63) is 0 Å². The minimum Gasteiger partial charge on any atom is -0.465 e. The third-order valence-corrected chi connectivity index (χ3v) is 4.20. The van der Waals surface area contributed by atoms with Gasteiger partial charge in [-0.05, 0) is 44.1 Å². The van der Waals surface area contributed by atoms with Gasteiger partial charge in [0.25, 0.3) is 0 Å². The maximum atomic E-state index is 10.8. The van der Waals surface area contributed by atoms with Gasteiger partial charge in [0.1, 0.15) is 0 Å². The van der Waals surface area contributed by atoms with Crippen LogP contribution < -0.4 is 0 Å². The second kappa shape index (κ2) is 8.38. The molecule has 0 aromatic carbocycles. The third kappa shape index (κ3) is 5.78. The van der Waals surface area contributed by atoms with Crippen LogP contribution in [0.15, 0.2) is 0 Å². The Kier molecular flexibility index (Phi) is 7.16. The fourth-order valence-electron chi connectivity index (χ4n) is 2.95. The second-order valence-electron chi connectivity index (χ2n) is 5.67. The Labute approximate surface area is 116 Å². The van der Waals surface area contributed by atoms with Crippen LogP contribution in [0.5, 0.6) is 0 Å². The standard InChI is InChI=1S/C14H28N2O3/c1-3-16(8-9-17)11-13-6-4-12(5-7-13)10-15(2)14(18)19/h12-13,17H,3-11H2,1-2H3,(H,18,19). The molecule has 1 rings (SSSR count). The van der Waals surface area contributed by atoms with E-state index in [4.69, 9.17) is 10.2 Å². The first-order valence-corrected chi connectivity index (χ1v) is 7.34. The maximum absolute atomic E-state index is 10.8. The van der Waals surface area contributed by atoms with Crippen molar-refractivity contribution < 1.29 is 15.0 Å². The summed E-state index contributed by atoms with van der Waals surface area (Å²) in [6.45, 7) is 5.84. The number of aliphatic hydroxyl groups excluding tert-OH is 1. The molecule has 19 heavy (non-hydrogen) atoms. The number of hydrogen-bond donors (Lipinski definition) is 2. The van der Waals surface area contributed by atoms with E-state index < -0.39 is 6.09 Å². The van der Waals surface area contributed by atoms with Crippen LogP contribution in [0.1, 0.15) is 32.6 Å². The molecule has 1 saturated carbocycles. The highest BCUT2D eigenvalue weighted by molar-refractivity contribution is 5.64. The molecule has 0 saturated heterocycles. The summed E-state index contributed by atoms with van der Waals surface area (Å²) in [6.07, 6.45) is 3.78. The van der Waals surface area contributed by atoms with Gasteiger partial charge >= 0.3 is 6.09 Å². The van der Waals surface area contributed by atoms with Gasteiger partial charge in [-0.3, -0.25) is 0 Å². The van der Waals surface area contributed by atoms with Crippen LogP contribution in [0.4, 0.5) is 4.79 Å². The van der Waals surface area contributed by atoms with E-state index in [1.165, 1.54) is 17.7 Å². The van der Waals surface area contributed by atoms with Crippen molar-refractivity contribution >= 4 is 6.09 Å². The normalized spacial score (nSPS) is 23.6. The largest absolute Gasteiger partial charge is 0.465 e. The van der Waals surface area contributed by atoms with Gasteiger partial charge in [0.05, 0.1) is 6.61 Å². The Hall–Kier alpha value is -0.810. The smallest absolute Gasteiger partial charge is 0.407 e. The lowest BCUT2D eigenvalue weighted by Gasteiger charge is -2.33. The molecule has 0 aromatic heterocycles. The SMILES string of the molecule is CCN(CCO)CC1CCC(CN(C)C(=O)O)CC1. The van der Waals surface area contributed by atoms with Crippen LogP contribution >= 0.6 is 0 Å². The van der Waals surface area contributed by atoms with Crippen LogP contribution in [-0.4, -0.2) is 65.9 Å². The molecule has 1 fully saturated rings. The van der Waals surface area contributed by atoms with Gasteiger partial charge in [0.15, 0.2) is 0 Å². The van der Waals surface area contributed by atoms with E-state index >= 15 is 0 Å². The van der Waals surface area contributed by atoms with E-state index in [9.17, 15) is 4.79 Å². The Morgan fingerprint density at radius 2 is 1.68 bits per heavy atom. The zero-order valence-electron chi connectivity index (χ0n) is 12.2. The minimum atomic E-state index is -0.831. The van der Waals surface area contributed by atoms with Crippen molar-refractivity contribution in [1.82, 2.24) is 9.80 Å². The summed E-state index contributed by atoms with van der Waals surface area (Å²) in [5.74, 6) is 1.23. The van der Waals surface area contributed by atoms with Crippen LogP contribution in [0.2, 0.25) is 0 Å². The first-order chi connectivity index (χ1) is 9.06. The van der Waals surface area contributed by atoms with E-state index in [2.05, 4.69) is 11.8 Å². The number of nitrogens with zero attached hydrogens (tertiary/aromatic N) is 2. The van der Waals surface area contributed by atoms with Crippen molar-refractivity contribution in [2.24, 2.45) is 11.8 Å². The highest BCUT2D eigenvalue weighted by Crippen LogP contribution is 2.29. The number of rotatable bonds is 7. The minimum absolute atomic E-state index is 0.229. The zero-order valence-corrected chi connectivity index (χ0v) is 12.2. The highest BCUT2D eigenvalue weighted by Gasteiger charge is 2.24. The van der Waals surface area contributed by atoms with Gasteiger partial charge in [0.2, 0.25) is 0 Å². The van der Waals surface area contributed by atoms with Crippen LogP contribution in [0.3, 0.4) is 0 Å². The van der Waals surface area contributed by atoms with Crippen LogP contribution in [0, 0.1) is 11.8 Å². The molecule has 5 heteroatoms. The van der Waals surface area contributed by atoms with E-state index in [0.717, 1.165) is 32.5 Å². The topological polar surface area (TPSA) is 64.0 Å². The molecule has 0 atom stereocenters. The average Bonchev–Trinajstić information content (AvgIpc) is 2.40. The van der Waals surface area contributed by atoms with Gasteiger partial charge in [0, 0.05) is 26.7 Å². The molecular weight excluding hydrogens is 244 g/mol. The van der Waals surface area contributed by atoms with Crippen LogP contribution in [-0.2, 0) is 0 Å². The predicted molar refractivity (Wildman–Crippen MR) is 75.3 cm³/mol. The quantitative estimate of drug-likeness (QED) is 0.740. The van der Waals surface area contributed by atoms with Crippen molar-refractivity contribution in [3.8, 4) is 0 Å². The summed E-state index contributed by atoms with van der Waals surface area (Å²) >= 11 is 0. The van der Waals surface area contributed by atoms with E-state index in [-0.39, 0.29) is 6.61 Å². The Balaban J connectivity index is 2.26. The van der Waals surface area contributed by atoms with Gasteiger partial charge in [-0.25, -0.2) is 4.79 Å². The van der Waals surface area contributed by atoms with Gasteiger partial charge in [-0.1, -0.05) is 6.92 Å². The van der Waals surface area contributed by atoms with E-state index in [1.54, 1.807) is 7.05 Å². The molecule has 0 bridgehead atoms. The van der Waals surface area contributed by atoms with Gasteiger partial charge in [-0.2, -0.15) is 0 Å². The number of likely N-dealkylation sites (N-methyl/N-ethyl adjacent to an activating group) is 1. The molecule has 0 radical (unpaired) electrons. The molecule has 2 N–H and O–H groups in total. The summed E-state index contributed by atoms with van der Waals surface area (Å²) in [7, 11) is 1.65. The zero-order chi connectivity index (χ0) is 14.3. The molecule has 5 nitrogen and oxygen atoms in total. The lowest BCUT2D eigenvalue weighted by molar-refractivity contribution is 0.128. The summed E-state index contributed by atoms with van der Waals surface area (Å²) in [6, 6.07) is 0. The Morgan fingerprint density at radius 3 is 2.11 bits per heavy atom. The summed E-state index contributed by atoms with van der Waals surface area (Å²) in [4.78, 5) is 14.5. The first kappa shape index (κ1) is 16.2. The summed E-state index contributed by atoms with van der Waals surface area (Å²) in [5.41, 5.74) is 0. The average molecular weight is 272 g/mol. The fourth-order valence-corrected chi connectivity index (χ4v) is 2.95. The molecular formula is C14H28N2O3. The molecule has 1 aliphatic rings. The van der Waals surface area contributed by atoms with Crippen molar-refractivity contribution in [1.29, 1.82) is 0 Å². The van der Waals surface area contributed by atoms with Crippen molar-refractivity contribution in [2.45, 2.75) is 32.6 Å². The summed E-state index contributed by atoms with van der Waals surface area (Å²) < 4.78 is 0. The van der Waals surface area contributed by atoms with Gasteiger partial charge < -0.3 is 20.0 Å². The number of aliphatic hydroxyl groups is 1. The van der Waals surface area contributed by atoms with Crippen LogP contribution in [0.25, 0.3) is 0 Å². The molecule has 0 unspecified atom stereocenters. The number of carboxylic acid groups (broad SMARTS) is 1. The molecule has 0 spiro atoms. The number of hydrogen-bond acceptors (Lipinski definition) is 3. The molecule has 112 valence electrons. The second-order valence-corrected chi connectivity index (χ2v) is 5.67. The molecule has 1 aliphatic carbocycles. The number of amides is 1. The highest BCUT2D eigenvalue weighted by atomic mass is 16.4. The molecule has 0 aromatic rings. The Bertz CT molecular complexity index is 265.